The van der Waals surface area contributed by atoms with Crippen LogP contribution >= 0.6 is 0 Å². The van der Waals surface area contributed by atoms with E-state index in [1.165, 1.54) is 24.8 Å². The summed E-state index contributed by atoms with van der Waals surface area (Å²) in [5, 5.41) is 11.0. The summed E-state index contributed by atoms with van der Waals surface area (Å²) in [5.41, 5.74) is 3.21. The number of hydrogen-bond acceptors (Lipinski definition) is 2. The number of allylic oxidation sites excluding steroid dienone is 3. The number of nitrogens with zero attached hydrogens (tertiary/aromatic N) is 1. The fourth-order valence-electron chi connectivity index (χ4n) is 7.43. The molecule has 0 amide bonds. The van der Waals surface area contributed by atoms with Crippen LogP contribution in [-0.2, 0) is 0 Å². The molecule has 3 heteroatoms. The summed E-state index contributed by atoms with van der Waals surface area (Å²) in [6.45, 7) is 7.29. The van der Waals surface area contributed by atoms with Crippen LogP contribution in [0.25, 0.3) is 5.57 Å². The minimum Gasteiger partial charge on any atom is -0.392 e. The molecule has 5 rings (SSSR count). The molecular weight excluding hydrogens is 320 g/mol. The molecule has 0 bridgehead atoms. The Morgan fingerprint density at radius 2 is 2.08 bits per heavy atom. The van der Waals surface area contributed by atoms with Gasteiger partial charge in [0, 0.05) is 17.8 Å². The first-order valence-corrected chi connectivity index (χ1v) is 10.6. The van der Waals surface area contributed by atoms with Gasteiger partial charge in [-0.1, -0.05) is 38.5 Å². The van der Waals surface area contributed by atoms with E-state index in [4.69, 9.17) is 0 Å². The Hall–Kier alpha value is -1.35. The van der Waals surface area contributed by atoms with Crippen LogP contribution in [0.1, 0.15) is 65.1 Å². The van der Waals surface area contributed by atoms with Crippen molar-refractivity contribution in [1.82, 2.24) is 9.97 Å². The van der Waals surface area contributed by atoms with Crippen LogP contribution in [0.4, 0.5) is 0 Å². The van der Waals surface area contributed by atoms with Gasteiger partial charge in [-0.05, 0) is 73.2 Å². The number of aromatic nitrogens is 2. The first kappa shape index (κ1) is 16.8. The van der Waals surface area contributed by atoms with E-state index in [1.54, 1.807) is 5.57 Å². The van der Waals surface area contributed by atoms with E-state index >= 15 is 0 Å². The average Bonchev–Trinajstić information content (AvgIpc) is 3.24. The van der Waals surface area contributed by atoms with Crippen LogP contribution in [0, 0.1) is 34.5 Å². The van der Waals surface area contributed by atoms with Gasteiger partial charge in [-0.25, -0.2) is 4.98 Å². The molecule has 2 saturated carbocycles. The van der Waals surface area contributed by atoms with Gasteiger partial charge in [-0.3, -0.25) is 0 Å². The lowest BCUT2D eigenvalue weighted by molar-refractivity contribution is -0.0874. The number of nitrogens with one attached hydrogen (secondary N) is 1. The molecule has 0 aromatic carbocycles. The molecule has 0 radical (unpaired) electrons. The highest BCUT2D eigenvalue weighted by Gasteiger charge is 2.60. The first-order chi connectivity index (χ1) is 12.5. The summed E-state index contributed by atoms with van der Waals surface area (Å²) in [5.74, 6) is 3.63. The zero-order chi connectivity index (χ0) is 18.1. The topological polar surface area (TPSA) is 48.9 Å². The minimum absolute atomic E-state index is 0.00416. The van der Waals surface area contributed by atoms with Crippen molar-refractivity contribution in [3.8, 4) is 0 Å². The van der Waals surface area contributed by atoms with E-state index in [2.05, 4.69) is 42.9 Å². The zero-order valence-electron chi connectivity index (χ0n) is 16.3. The summed E-state index contributed by atoms with van der Waals surface area (Å²) in [6.07, 6.45) is 15.6. The quantitative estimate of drug-likeness (QED) is 0.701. The maximum absolute atomic E-state index is 11.0. The van der Waals surface area contributed by atoms with Crippen LogP contribution in [0.3, 0.4) is 0 Å². The highest BCUT2D eigenvalue weighted by molar-refractivity contribution is 5.68. The molecule has 0 spiro atoms. The van der Waals surface area contributed by atoms with Crippen LogP contribution < -0.4 is 0 Å². The standard InChI is InChI=1S/C23H32N2O/c1-14-13-15-5-4-6-19(26)23(15,3)17-9-10-22(2)16(20(14)17)7-8-18(22)21-24-11-12-25-21/h8,11-14,16-17,19-20,26H,4-7,9-10H2,1-3H3,(H,24,25)/t14-,16+,17+,19?,20+,22+,23+/m1/s1. The third-order valence-corrected chi connectivity index (χ3v) is 8.82. The molecule has 0 saturated heterocycles. The molecule has 140 valence electrons. The lowest BCUT2D eigenvalue weighted by Gasteiger charge is -2.60. The Balaban J connectivity index is 1.55. The number of hydrogen-bond donors (Lipinski definition) is 2. The van der Waals surface area contributed by atoms with Gasteiger partial charge in [0.2, 0.25) is 0 Å². The number of aliphatic hydroxyl groups is 1. The Kier molecular flexibility index (Phi) is 3.60. The summed E-state index contributed by atoms with van der Waals surface area (Å²) in [4.78, 5) is 7.92. The molecule has 1 aromatic rings. The molecule has 2 N–H and O–H groups in total. The number of H-pyrrole nitrogens is 1. The van der Waals surface area contributed by atoms with E-state index in [1.807, 2.05) is 12.4 Å². The predicted molar refractivity (Wildman–Crippen MR) is 104 cm³/mol. The van der Waals surface area contributed by atoms with E-state index in [-0.39, 0.29) is 16.9 Å². The third-order valence-electron chi connectivity index (χ3n) is 8.82. The van der Waals surface area contributed by atoms with Crippen LogP contribution in [0.2, 0.25) is 0 Å². The van der Waals surface area contributed by atoms with Gasteiger partial charge in [0.05, 0.1) is 6.10 Å². The molecule has 1 heterocycles. The van der Waals surface area contributed by atoms with Gasteiger partial charge >= 0.3 is 0 Å². The Bertz CT molecular complexity index is 763. The molecule has 4 aliphatic rings. The van der Waals surface area contributed by atoms with Gasteiger partial charge in [0.15, 0.2) is 0 Å². The number of rotatable bonds is 1. The summed E-state index contributed by atoms with van der Waals surface area (Å²) in [7, 11) is 0. The maximum Gasteiger partial charge on any atom is 0.133 e. The molecule has 1 unspecified atom stereocenters. The minimum atomic E-state index is -0.161. The van der Waals surface area contributed by atoms with Crippen molar-refractivity contribution in [2.75, 3.05) is 0 Å². The third kappa shape index (κ3) is 2.01. The van der Waals surface area contributed by atoms with Gasteiger partial charge in [-0.15, -0.1) is 0 Å². The van der Waals surface area contributed by atoms with Crippen molar-refractivity contribution in [1.29, 1.82) is 0 Å². The smallest absolute Gasteiger partial charge is 0.133 e. The van der Waals surface area contributed by atoms with Crippen molar-refractivity contribution < 1.29 is 5.11 Å². The summed E-state index contributed by atoms with van der Waals surface area (Å²) in [6, 6.07) is 0. The second-order valence-electron chi connectivity index (χ2n) is 9.78. The fourth-order valence-corrected chi connectivity index (χ4v) is 7.43. The van der Waals surface area contributed by atoms with Crippen LogP contribution in [-0.4, -0.2) is 21.2 Å². The van der Waals surface area contributed by atoms with Gasteiger partial charge in [0.25, 0.3) is 0 Å². The van der Waals surface area contributed by atoms with Crippen molar-refractivity contribution in [3.05, 3.63) is 35.9 Å². The van der Waals surface area contributed by atoms with Crippen molar-refractivity contribution in [2.24, 2.45) is 34.5 Å². The second kappa shape index (κ2) is 5.58. The van der Waals surface area contributed by atoms with Crippen molar-refractivity contribution >= 4 is 5.57 Å². The van der Waals surface area contributed by atoms with E-state index in [9.17, 15) is 5.11 Å². The van der Waals surface area contributed by atoms with Crippen molar-refractivity contribution in [2.45, 2.75) is 65.4 Å². The van der Waals surface area contributed by atoms with E-state index in [0.29, 0.717) is 23.7 Å². The van der Waals surface area contributed by atoms with Gasteiger partial charge in [0.1, 0.15) is 5.82 Å². The highest BCUT2D eigenvalue weighted by Crippen LogP contribution is 2.67. The average molecular weight is 353 g/mol. The lowest BCUT2D eigenvalue weighted by Crippen LogP contribution is -2.55. The van der Waals surface area contributed by atoms with Crippen molar-refractivity contribution in [3.63, 3.8) is 0 Å². The maximum atomic E-state index is 11.0. The molecule has 1 aromatic heterocycles. The van der Waals surface area contributed by atoms with Crippen LogP contribution in [0.5, 0.6) is 0 Å². The summed E-state index contributed by atoms with van der Waals surface area (Å²) < 4.78 is 0. The molecule has 26 heavy (non-hydrogen) atoms. The number of aliphatic hydroxyl groups excluding tert-OH is 1. The van der Waals surface area contributed by atoms with E-state index in [0.717, 1.165) is 25.1 Å². The molecule has 3 nitrogen and oxygen atoms in total. The Morgan fingerprint density at radius 3 is 2.85 bits per heavy atom. The molecular formula is C23H32N2O. The highest BCUT2D eigenvalue weighted by atomic mass is 16.3. The fraction of sp³-hybridized carbons (Fsp3) is 0.696. The lowest BCUT2D eigenvalue weighted by atomic mass is 9.45. The summed E-state index contributed by atoms with van der Waals surface area (Å²) >= 11 is 0. The molecule has 7 atom stereocenters. The predicted octanol–water partition coefficient (Wildman–Crippen LogP) is 4.97. The normalized spacial score (nSPS) is 47.5. The zero-order valence-corrected chi connectivity index (χ0v) is 16.3. The molecule has 2 fully saturated rings. The molecule has 4 aliphatic carbocycles. The number of imidazole rings is 1. The second-order valence-corrected chi connectivity index (χ2v) is 9.78. The largest absolute Gasteiger partial charge is 0.392 e. The van der Waals surface area contributed by atoms with Gasteiger partial charge < -0.3 is 10.1 Å². The number of aromatic amines is 1. The first-order valence-electron chi connectivity index (χ1n) is 10.6. The Labute approximate surface area is 157 Å². The van der Waals surface area contributed by atoms with Gasteiger partial charge in [-0.2, -0.15) is 0 Å². The number of fused-ring (bicyclic) bond motifs is 5. The SMILES string of the molecule is C[C@@H]1C=C2CCCC(O)[C@]2(C)[C@H]2CC[C@]3(C)C(c4ncc[nH]4)=CC[C@H]3[C@H]12. The monoisotopic (exact) mass is 352 g/mol. The van der Waals surface area contributed by atoms with E-state index < -0.39 is 0 Å². The molecule has 0 aliphatic heterocycles. The van der Waals surface area contributed by atoms with Crippen LogP contribution in [0.15, 0.2) is 30.1 Å². The Morgan fingerprint density at radius 1 is 1.23 bits per heavy atom.